The van der Waals surface area contributed by atoms with Crippen LogP contribution < -0.4 is 5.14 Å². The molecule has 0 radical (unpaired) electrons. The van der Waals surface area contributed by atoms with E-state index in [4.69, 9.17) is 33.1 Å². The molecule has 3 rings (SSSR count). The number of ether oxygens (including phenoxy) is 1. The Kier molecular flexibility index (Phi) is 6.56. The minimum Gasteiger partial charge on any atom is -0.454 e. The molecule has 10 heteroatoms. The van der Waals surface area contributed by atoms with Crippen LogP contribution in [0.3, 0.4) is 0 Å². The minimum atomic E-state index is -3.80. The number of aryl methyl sites for hydroxylation is 1. The van der Waals surface area contributed by atoms with E-state index < -0.39 is 22.6 Å². The largest absolute Gasteiger partial charge is 0.454 e. The fraction of sp³-hybridized carbons (Fsp3) is 0.143. The zero-order valence-electron chi connectivity index (χ0n) is 16.6. The van der Waals surface area contributed by atoms with Crippen LogP contribution in [0.15, 0.2) is 53.4 Å². The Morgan fingerprint density at radius 2 is 1.65 bits per heavy atom. The van der Waals surface area contributed by atoms with Crippen molar-refractivity contribution in [2.75, 3.05) is 6.61 Å². The van der Waals surface area contributed by atoms with Gasteiger partial charge in [-0.3, -0.25) is 4.79 Å². The second-order valence-electron chi connectivity index (χ2n) is 6.79. The highest BCUT2D eigenvalue weighted by atomic mass is 35.5. The number of aromatic nitrogens is 1. The molecule has 1 aromatic heterocycles. The number of halogens is 2. The van der Waals surface area contributed by atoms with E-state index in [0.717, 1.165) is 5.69 Å². The van der Waals surface area contributed by atoms with E-state index in [2.05, 4.69) is 0 Å². The molecule has 0 aliphatic carbocycles. The molecule has 7 nitrogen and oxygen atoms in total. The first kappa shape index (κ1) is 23.0. The molecule has 0 amide bonds. The van der Waals surface area contributed by atoms with Crippen molar-refractivity contribution in [1.29, 1.82) is 0 Å². The number of sulfonamides is 1. The average Bonchev–Trinajstić information content (AvgIpc) is 3.01. The van der Waals surface area contributed by atoms with Gasteiger partial charge in [-0.2, -0.15) is 0 Å². The van der Waals surface area contributed by atoms with E-state index in [0.29, 0.717) is 22.0 Å². The highest BCUT2D eigenvalue weighted by Gasteiger charge is 2.19. The van der Waals surface area contributed by atoms with E-state index >= 15 is 0 Å². The number of carbonyl (C=O) groups is 2. The molecule has 2 N–H and O–H groups in total. The summed E-state index contributed by atoms with van der Waals surface area (Å²) < 4.78 is 29.8. The van der Waals surface area contributed by atoms with Gasteiger partial charge in [0.2, 0.25) is 15.8 Å². The van der Waals surface area contributed by atoms with Crippen LogP contribution in [0.4, 0.5) is 0 Å². The van der Waals surface area contributed by atoms with Crippen molar-refractivity contribution in [3.05, 3.63) is 81.1 Å². The molecule has 2 aromatic carbocycles. The number of hydrogen-bond donors (Lipinski definition) is 1. The van der Waals surface area contributed by atoms with Crippen molar-refractivity contribution in [2.45, 2.75) is 18.7 Å². The fourth-order valence-electron chi connectivity index (χ4n) is 3.14. The summed E-state index contributed by atoms with van der Waals surface area (Å²) in [4.78, 5) is 24.9. The SMILES string of the molecule is Cc1cc(C(=O)COC(=O)c2ccc(Cl)c(Cl)c2)c(C)n1-c1ccc(S(N)(=O)=O)cc1. The number of ketones is 1. The molecule has 0 unspecified atom stereocenters. The number of carbonyl (C=O) groups excluding carboxylic acids is 2. The Bertz CT molecular complexity index is 1280. The maximum atomic E-state index is 12.7. The summed E-state index contributed by atoms with van der Waals surface area (Å²) in [5.41, 5.74) is 2.60. The van der Waals surface area contributed by atoms with Gasteiger partial charge in [0.1, 0.15) is 0 Å². The topological polar surface area (TPSA) is 108 Å². The molecule has 0 bridgehead atoms. The molecular weight excluding hydrogens is 463 g/mol. The van der Waals surface area contributed by atoms with Crippen molar-refractivity contribution >= 4 is 45.0 Å². The fourth-order valence-corrected chi connectivity index (χ4v) is 3.96. The maximum Gasteiger partial charge on any atom is 0.338 e. The number of nitrogens with two attached hydrogens (primary N) is 1. The van der Waals surface area contributed by atoms with Gasteiger partial charge in [0.25, 0.3) is 0 Å². The number of nitrogens with zero attached hydrogens (tertiary/aromatic N) is 1. The Balaban J connectivity index is 1.78. The third-order valence-electron chi connectivity index (χ3n) is 4.64. The number of hydrogen-bond acceptors (Lipinski definition) is 5. The van der Waals surface area contributed by atoms with Crippen LogP contribution in [-0.2, 0) is 14.8 Å². The number of esters is 1. The van der Waals surface area contributed by atoms with Crippen molar-refractivity contribution in [3.8, 4) is 5.69 Å². The van der Waals surface area contributed by atoms with Crippen LogP contribution in [0.2, 0.25) is 10.0 Å². The Morgan fingerprint density at radius 1 is 1.00 bits per heavy atom. The average molecular weight is 481 g/mol. The van der Waals surface area contributed by atoms with Gasteiger partial charge in [-0.15, -0.1) is 0 Å². The number of rotatable bonds is 6. The lowest BCUT2D eigenvalue weighted by molar-refractivity contribution is 0.0474. The molecule has 0 saturated carbocycles. The quantitative estimate of drug-likeness (QED) is 0.422. The van der Waals surface area contributed by atoms with Crippen molar-refractivity contribution in [1.82, 2.24) is 4.57 Å². The van der Waals surface area contributed by atoms with Crippen LogP contribution in [0.25, 0.3) is 5.69 Å². The van der Waals surface area contributed by atoms with Gasteiger partial charge >= 0.3 is 5.97 Å². The molecule has 3 aromatic rings. The highest BCUT2D eigenvalue weighted by Crippen LogP contribution is 2.24. The number of benzene rings is 2. The molecular formula is C21H18Cl2N2O5S. The Labute approximate surface area is 189 Å². The van der Waals surface area contributed by atoms with Gasteiger partial charge in [-0.25, -0.2) is 18.4 Å². The van der Waals surface area contributed by atoms with Gasteiger partial charge in [0.15, 0.2) is 6.61 Å². The summed E-state index contributed by atoms with van der Waals surface area (Å²) in [6.45, 7) is 3.10. The van der Waals surface area contributed by atoms with Gasteiger partial charge in [-0.1, -0.05) is 23.2 Å². The normalized spacial score (nSPS) is 11.4. The Hall–Kier alpha value is -2.65. The summed E-state index contributed by atoms with van der Waals surface area (Å²) in [7, 11) is -3.80. The van der Waals surface area contributed by atoms with Crippen LogP contribution in [0.5, 0.6) is 0 Å². The highest BCUT2D eigenvalue weighted by molar-refractivity contribution is 7.89. The molecule has 0 atom stereocenters. The predicted octanol–water partition coefficient (Wildman–Crippen LogP) is 4.09. The van der Waals surface area contributed by atoms with Crippen molar-refractivity contribution in [2.24, 2.45) is 5.14 Å². The second-order valence-corrected chi connectivity index (χ2v) is 9.16. The lowest BCUT2D eigenvalue weighted by Gasteiger charge is -2.11. The van der Waals surface area contributed by atoms with E-state index in [-0.39, 0.29) is 21.3 Å². The summed E-state index contributed by atoms with van der Waals surface area (Å²) in [5, 5.41) is 5.64. The third-order valence-corrected chi connectivity index (χ3v) is 6.31. The zero-order valence-corrected chi connectivity index (χ0v) is 18.9. The first-order valence-electron chi connectivity index (χ1n) is 8.96. The van der Waals surface area contributed by atoms with Crippen LogP contribution in [-0.4, -0.2) is 31.3 Å². The van der Waals surface area contributed by atoms with Gasteiger partial charge < -0.3 is 9.30 Å². The summed E-state index contributed by atoms with van der Waals surface area (Å²) in [6.07, 6.45) is 0. The lowest BCUT2D eigenvalue weighted by Crippen LogP contribution is -2.15. The van der Waals surface area contributed by atoms with Crippen molar-refractivity contribution < 1.29 is 22.7 Å². The number of primary sulfonamides is 1. The maximum absolute atomic E-state index is 12.7. The van der Waals surface area contributed by atoms with Gasteiger partial charge in [0, 0.05) is 22.6 Å². The van der Waals surface area contributed by atoms with E-state index in [1.165, 1.54) is 30.3 Å². The van der Waals surface area contributed by atoms with E-state index in [1.54, 1.807) is 36.6 Å². The van der Waals surface area contributed by atoms with Gasteiger partial charge in [0.05, 0.1) is 20.5 Å². The molecule has 31 heavy (non-hydrogen) atoms. The van der Waals surface area contributed by atoms with E-state index in [1.807, 2.05) is 0 Å². The minimum absolute atomic E-state index is 0.00997. The van der Waals surface area contributed by atoms with Crippen LogP contribution >= 0.6 is 23.2 Å². The molecule has 0 saturated heterocycles. The molecule has 0 aliphatic heterocycles. The first-order chi connectivity index (χ1) is 14.5. The molecule has 162 valence electrons. The molecule has 1 heterocycles. The second kappa shape index (κ2) is 8.84. The lowest BCUT2D eigenvalue weighted by atomic mass is 10.1. The first-order valence-corrected chi connectivity index (χ1v) is 11.3. The smallest absolute Gasteiger partial charge is 0.338 e. The zero-order chi connectivity index (χ0) is 22.9. The summed E-state index contributed by atoms with van der Waals surface area (Å²) in [5.74, 6) is -1.08. The van der Waals surface area contributed by atoms with Gasteiger partial charge in [-0.05, 0) is 62.4 Å². The predicted molar refractivity (Wildman–Crippen MR) is 118 cm³/mol. The number of Topliss-reactive ketones (excluding diaryl/α,β-unsaturated/α-hetero) is 1. The van der Waals surface area contributed by atoms with Crippen LogP contribution in [0, 0.1) is 13.8 Å². The van der Waals surface area contributed by atoms with Crippen LogP contribution in [0.1, 0.15) is 32.1 Å². The summed E-state index contributed by atoms with van der Waals surface area (Å²) >= 11 is 11.7. The van der Waals surface area contributed by atoms with Crippen molar-refractivity contribution in [3.63, 3.8) is 0 Å². The Morgan fingerprint density at radius 3 is 2.23 bits per heavy atom. The summed E-state index contributed by atoms with van der Waals surface area (Å²) in [6, 6.07) is 12.0. The molecule has 0 spiro atoms. The molecule has 0 fully saturated rings. The van der Waals surface area contributed by atoms with E-state index in [9.17, 15) is 18.0 Å². The molecule has 0 aliphatic rings. The standard InChI is InChI=1S/C21H18Cl2N2O5S/c1-12-9-17(13(2)25(12)15-4-6-16(7-5-15)31(24,28)29)20(26)11-30-21(27)14-3-8-18(22)19(23)10-14/h3-10H,11H2,1-2H3,(H2,24,28,29). The monoisotopic (exact) mass is 480 g/mol. The third kappa shape index (κ3) is 4.99.